The summed E-state index contributed by atoms with van der Waals surface area (Å²) in [4.78, 5) is 35.5. The van der Waals surface area contributed by atoms with E-state index in [9.17, 15) is 14.7 Å². The summed E-state index contributed by atoms with van der Waals surface area (Å²) in [6, 6.07) is 12.8. The summed E-state index contributed by atoms with van der Waals surface area (Å²) in [5, 5.41) is 18.1. The van der Waals surface area contributed by atoms with Crippen molar-refractivity contribution in [2.75, 3.05) is 31.6 Å². The van der Waals surface area contributed by atoms with Crippen LogP contribution in [0, 0.1) is 0 Å². The second-order valence-electron chi connectivity index (χ2n) is 13.1. The molecule has 2 aromatic carbocycles. The van der Waals surface area contributed by atoms with E-state index in [1.54, 1.807) is 24.4 Å². The third-order valence-corrected chi connectivity index (χ3v) is 6.48. The summed E-state index contributed by atoms with van der Waals surface area (Å²) in [6.07, 6.45) is 3.24. The van der Waals surface area contributed by atoms with Crippen molar-refractivity contribution >= 4 is 17.7 Å². The zero-order valence-electron chi connectivity index (χ0n) is 28.6. The number of hydrogen-bond donors (Lipinski definition) is 8. The number of ether oxygens (including phenoxy) is 1. The largest absolute Gasteiger partial charge is 0.491 e. The van der Waals surface area contributed by atoms with Gasteiger partial charge < -0.3 is 48.0 Å². The average Bonchev–Trinajstić information content (AvgIpc) is 2.99. The van der Waals surface area contributed by atoms with Gasteiger partial charge in [0.25, 0.3) is 5.56 Å². The van der Waals surface area contributed by atoms with Crippen molar-refractivity contribution in [3.05, 3.63) is 76.0 Å². The Labute approximate surface area is 277 Å². The predicted molar refractivity (Wildman–Crippen MR) is 189 cm³/mol. The Kier molecular flexibility index (Phi) is 15.3. The highest BCUT2D eigenvalue weighted by molar-refractivity contribution is 5.91. The monoisotopic (exact) mass is 651 g/mol. The number of H-pyrrole nitrogens is 1. The first-order valence-corrected chi connectivity index (χ1v) is 15.7. The molecule has 258 valence electrons. The van der Waals surface area contributed by atoms with Crippen molar-refractivity contribution in [3.8, 4) is 16.9 Å². The normalized spacial score (nSPS) is 11.2. The van der Waals surface area contributed by atoms with Crippen molar-refractivity contribution in [1.29, 1.82) is 0 Å². The Morgan fingerprint density at radius 2 is 1.70 bits per heavy atom. The number of anilines is 1. The molecule has 2 amide bonds. The van der Waals surface area contributed by atoms with Gasteiger partial charge >= 0.3 is 6.03 Å². The Morgan fingerprint density at radius 3 is 2.28 bits per heavy atom. The first kappa shape index (κ1) is 38.7. The molecule has 1 aromatic heterocycles. The number of aliphatic hydroxyl groups is 1. The molecule has 1 heterocycles. The van der Waals surface area contributed by atoms with E-state index in [1.165, 1.54) is 0 Å². The maximum Gasteiger partial charge on any atom is 0.319 e. The fraction of sp³-hybridized carbons (Fsp3) is 0.471. The zero-order chi connectivity index (χ0) is 35.0. The van der Waals surface area contributed by atoms with Crippen molar-refractivity contribution in [2.24, 2.45) is 22.2 Å². The summed E-state index contributed by atoms with van der Waals surface area (Å²) in [7, 11) is 0. The van der Waals surface area contributed by atoms with Gasteiger partial charge in [-0.3, -0.25) is 9.79 Å². The number of nitrogens with one attached hydrogen (secondary N) is 4. The number of aliphatic hydroxyl groups excluding tert-OH is 1. The first-order chi connectivity index (χ1) is 22.1. The SMILES string of the molecule is CC(C)(C)NC(=O)Nc1ccc(CO)cc1OCCCN.CC(C)(C)c1ncc(-c2ccc(CNCCCN=C(N)N)cc2)c(=O)[nH]1. The molecule has 0 aliphatic rings. The maximum atomic E-state index is 12.4. The minimum absolute atomic E-state index is 0.0816. The molecule has 0 unspecified atom stereocenters. The smallest absolute Gasteiger partial charge is 0.319 e. The lowest BCUT2D eigenvalue weighted by molar-refractivity contribution is 0.243. The zero-order valence-corrected chi connectivity index (χ0v) is 28.6. The maximum absolute atomic E-state index is 12.4. The van der Waals surface area contributed by atoms with Crippen molar-refractivity contribution in [3.63, 3.8) is 0 Å². The van der Waals surface area contributed by atoms with Crippen LogP contribution < -0.4 is 43.4 Å². The van der Waals surface area contributed by atoms with Crippen LogP contribution in [0.2, 0.25) is 0 Å². The molecule has 47 heavy (non-hydrogen) atoms. The number of nitrogens with zero attached hydrogens (tertiary/aromatic N) is 2. The van der Waals surface area contributed by atoms with Crippen LogP contribution in [0.15, 0.2) is 58.4 Å². The molecule has 0 fully saturated rings. The minimum atomic E-state index is -0.324. The third kappa shape index (κ3) is 14.7. The van der Waals surface area contributed by atoms with Crippen LogP contribution in [-0.4, -0.2) is 58.8 Å². The molecular formula is C34H53N9O4. The summed E-state index contributed by atoms with van der Waals surface area (Å²) < 4.78 is 5.62. The number of nitrogens with two attached hydrogens (primary N) is 3. The molecule has 0 saturated carbocycles. The average molecular weight is 652 g/mol. The fourth-order valence-corrected chi connectivity index (χ4v) is 4.08. The number of aliphatic imine (C=N–C) groups is 1. The lowest BCUT2D eigenvalue weighted by Crippen LogP contribution is -2.43. The second-order valence-corrected chi connectivity index (χ2v) is 13.1. The minimum Gasteiger partial charge on any atom is -0.491 e. The lowest BCUT2D eigenvalue weighted by Gasteiger charge is -2.21. The molecule has 0 aliphatic carbocycles. The van der Waals surface area contributed by atoms with Gasteiger partial charge in [-0.1, -0.05) is 51.1 Å². The van der Waals surface area contributed by atoms with Crippen LogP contribution in [0.1, 0.15) is 71.3 Å². The summed E-state index contributed by atoms with van der Waals surface area (Å²) in [5.74, 6) is 1.34. The Hall–Kier alpha value is -4.46. The van der Waals surface area contributed by atoms with Gasteiger partial charge in [-0.25, -0.2) is 9.78 Å². The van der Waals surface area contributed by atoms with Crippen molar-refractivity contribution in [1.82, 2.24) is 20.6 Å². The van der Waals surface area contributed by atoms with E-state index >= 15 is 0 Å². The molecular weight excluding hydrogens is 598 g/mol. The van der Waals surface area contributed by atoms with E-state index in [-0.39, 0.29) is 35.1 Å². The molecule has 0 radical (unpaired) electrons. The van der Waals surface area contributed by atoms with Crippen LogP contribution in [0.4, 0.5) is 10.5 Å². The van der Waals surface area contributed by atoms with Crippen LogP contribution in [0.5, 0.6) is 5.75 Å². The van der Waals surface area contributed by atoms with Crippen LogP contribution in [-0.2, 0) is 18.6 Å². The number of carbonyl (C=O) groups excluding carboxylic acids is 1. The van der Waals surface area contributed by atoms with Crippen LogP contribution in [0.3, 0.4) is 0 Å². The van der Waals surface area contributed by atoms with Gasteiger partial charge in [-0.15, -0.1) is 0 Å². The van der Waals surface area contributed by atoms with Crippen molar-refractivity contribution < 1.29 is 14.6 Å². The van der Waals surface area contributed by atoms with Gasteiger partial charge in [0.1, 0.15) is 11.6 Å². The Balaban J connectivity index is 0.000000335. The van der Waals surface area contributed by atoms with Gasteiger partial charge in [0.15, 0.2) is 5.96 Å². The summed E-state index contributed by atoms with van der Waals surface area (Å²) in [6.45, 7) is 14.9. The topological polar surface area (TPSA) is 219 Å². The van der Waals surface area contributed by atoms with E-state index in [0.717, 1.165) is 42.6 Å². The highest BCUT2D eigenvalue weighted by Crippen LogP contribution is 2.26. The van der Waals surface area contributed by atoms with Gasteiger partial charge in [0, 0.05) is 30.2 Å². The molecule has 13 heteroatoms. The highest BCUT2D eigenvalue weighted by atomic mass is 16.5. The first-order valence-electron chi connectivity index (χ1n) is 15.7. The molecule has 0 spiro atoms. The van der Waals surface area contributed by atoms with Gasteiger partial charge in [-0.05, 0) is 75.5 Å². The summed E-state index contributed by atoms with van der Waals surface area (Å²) >= 11 is 0. The predicted octanol–water partition coefficient (Wildman–Crippen LogP) is 3.31. The number of benzene rings is 2. The van der Waals surface area contributed by atoms with Gasteiger partial charge in [-0.2, -0.15) is 0 Å². The van der Waals surface area contributed by atoms with Crippen molar-refractivity contribution in [2.45, 2.75) is 78.5 Å². The molecule has 0 atom stereocenters. The number of aromatic nitrogens is 2. The van der Waals surface area contributed by atoms with E-state index in [0.29, 0.717) is 42.5 Å². The number of rotatable bonds is 13. The molecule has 0 aliphatic heterocycles. The molecule has 3 rings (SSSR count). The van der Waals surface area contributed by atoms with Gasteiger partial charge in [0.05, 0.1) is 24.5 Å². The Bertz CT molecular complexity index is 1490. The number of hydrogen-bond acceptors (Lipinski definition) is 8. The Morgan fingerprint density at radius 1 is 1.02 bits per heavy atom. The number of guanidine groups is 1. The molecule has 13 nitrogen and oxygen atoms in total. The number of urea groups is 1. The molecule has 3 aromatic rings. The fourth-order valence-electron chi connectivity index (χ4n) is 4.08. The second kappa shape index (κ2) is 18.6. The number of amides is 2. The van der Waals surface area contributed by atoms with E-state index in [1.807, 2.05) is 65.8 Å². The summed E-state index contributed by atoms with van der Waals surface area (Å²) in [5.41, 5.74) is 19.2. The quantitative estimate of drug-likeness (QED) is 0.0771. The molecule has 0 saturated heterocycles. The highest BCUT2D eigenvalue weighted by Gasteiger charge is 2.18. The molecule has 0 bridgehead atoms. The third-order valence-electron chi connectivity index (χ3n) is 6.48. The van der Waals surface area contributed by atoms with Crippen LogP contribution in [0.25, 0.3) is 11.1 Å². The standard InChI is InChI=1S/C19H28N6O.C15H25N3O3/c1-19(2,3)17-24-12-15(16(26)25-17)14-7-5-13(6-8-14)11-22-9-4-10-23-18(20)21;1-15(2,3)18-14(20)17-12-6-5-11(10-19)9-13(12)21-8-4-7-16/h5-8,12,22H,4,9-11H2,1-3H3,(H4,20,21,23)(H,24,25,26);5-6,9,19H,4,7-8,10,16H2,1-3H3,(H2,17,18,20). The molecule has 11 N–H and O–H groups in total. The number of aromatic amines is 1. The lowest BCUT2D eigenvalue weighted by atomic mass is 9.95. The number of carbonyl (C=O) groups is 1. The van der Waals surface area contributed by atoms with Gasteiger partial charge in [0.2, 0.25) is 0 Å². The van der Waals surface area contributed by atoms with E-state index in [4.69, 9.17) is 21.9 Å². The van der Waals surface area contributed by atoms with E-state index < -0.39 is 0 Å². The van der Waals surface area contributed by atoms with Crippen LogP contribution >= 0.6 is 0 Å². The van der Waals surface area contributed by atoms with E-state index in [2.05, 4.69) is 30.9 Å².